The van der Waals surface area contributed by atoms with Crippen LogP contribution in [0.4, 0.5) is 0 Å². The van der Waals surface area contributed by atoms with Crippen LogP contribution in [-0.2, 0) is 4.74 Å². The lowest BCUT2D eigenvalue weighted by Gasteiger charge is -2.26. The van der Waals surface area contributed by atoms with Gasteiger partial charge < -0.3 is 10.1 Å². The zero-order valence-electron chi connectivity index (χ0n) is 7.80. The van der Waals surface area contributed by atoms with E-state index in [0.29, 0.717) is 23.8 Å². The Morgan fingerprint density at radius 1 is 1.53 bits per heavy atom. The molecule has 1 saturated heterocycles. The Hall–Kier alpha value is -0.330. The molecule has 0 aromatic heterocycles. The van der Waals surface area contributed by atoms with Crippen molar-refractivity contribution >= 4 is 40.1 Å². The molecule has 2 rings (SSSR count). The van der Waals surface area contributed by atoms with Crippen molar-refractivity contribution < 1.29 is 9.53 Å². The Bertz CT molecular complexity index is 393. The van der Waals surface area contributed by atoms with E-state index in [1.54, 1.807) is 18.2 Å². The van der Waals surface area contributed by atoms with E-state index < -0.39 is 0 Å². The highest BCUT2D eigenvalue weighted by molar-refractivity contribution is 14.1. The largest absolute Gasteiger partial charge is 0.377 e. The number of halogens is 2. The molecule has 1 aliphatic rings. The normalized spacial score (nSPS) is 15.9. The summed E-state index contributed by atoms with van der Waals surface area (Å²) in [6.07, 6.45) is 0. The highest BCUT2D eigenvalue weighted by atomic mass is 127. The second-order valence-electron chi connectivity index (χ2n) is 3.33. The molecule has 0 aliphatic carbocycles. The summed E-state index contributed by atoms with van der Waals surface area (Å²) in [4.78, 5) is 11.8. The molecule has 0 saturated carbocycles. The molecule has 5 heteroatoms. The lowest BCUT2D eigenvalue weighted by molar-refractivity contribution is -0.00347. The minimum absolute atomic E-state index is 0.0654. The molecule has 1 heterocycles. The topological polar surface area (TPSA) is 38.3 Å². The summed E-state index contributed by atoms with van der Waals surface area (Å²) >= 11 is 7.91. The smallest absolute Gasteiger partial charge is 0.252 e. The van der Waals surface area contributed by atoms with Crippen LogP contribution in [0.15, 0.2) is 18.2 Å². The number of hydrogen-bond acceptors (Lipinski definition) is 2. The van der Waals surface area contributed by atoms with Crippen molar-refractivity contribution in [2.75, 3.05) is 13.2 Å². The SMILES string of the molecule is O=C(NC1COC1)c1ccc(Cl)cc1I. The summed E-state index contributed by atoms with van der Waals surface area (Å²) in [7, 11) is 0. The van der Waals surface area contributed by atoms with Gasteiger partial charge in [0.15, 0.2) is 0 Å². The zero-order chi connectivity index (χ0) is 10.8. The van der Waals surface area contributed by atoms with Gasteiger partial charge in [0.05, 0.1) is 24.8 Å². The quantitative estimate of drug-likeness (QED) is 0.839. The Labute approximate surface area is 106 Å². The van der Waals surface area contributed by atoms with E-state index in [-0.39, 0.29) is 11.9 Å². The fourth-order valence-corrected chi connectivity index (χ4v) is 2.37. The average molecular weight is 338 g/mol. The van der Waals surface area contributed by atoms with Crippen LogP contribution in [0.3, 0.4) is 0 Å². The van der Waals surface area contributed by atoms with Crippen molar-refractivity contribution in [2.24, 2.45) is 0 Å². The van der Waals surface area contributed by atoms with Gasteiger partial charge in [-0.05, 0) is 40.8 Å². The third-order valence-electron chi connectivity index (χ3n) is 2.15. The summed E-state index contributed by atoms with van der Waals surface area (Å²) in [6, 6.07) is 5.38. The number of nitrogens with one attached hydrogen (secondary N) is 1. The molecule has 1 aromatic rings. The summed E-state index contributed by atoms with van der Waals surface area (Å²) in [5.41, 5.74) is 0.659. The van der Waals surface area contributed by atoms with E-state index in [1.807, 2.05) is 0 Å². The summed E-state index contributed by atoms with van der Waals surface area (Å²) in [6.45, 7) is 1.21. The Morgan fingerprint density at radius 2 is 2.27 bits per heavy atom. The molecule has 0 bridgehead atoms. The van der Waals surface area contributed by atoms with Crippen LogP contribution in [0.2, 0.25) is 5.02 Å². The van der Waals surface area contributed by atoms with Gasteiger partial charge in [0, 0.05) is 8.59 Å². The molecule has 1 amide bonds. The van der Waals surface area contributed by atoms with Gasteiger partial charge in [0.1, 0.15) is 0 Å². The van der Waals surface area contributed by atoms with E-state index in [0.717, 1.165) is 3.57 Å². The highest BCUT2D eigenvalue weighted by Gasteiger charge is 2.21. The van der Waals surface area contributed by atoms with Crippen molar-refractivity contribution in [3.8, 4) is 0 Å². The van der Waals surface area contributed by atoms with Gasteiger partial charge in [-0.1, -0.05) is 11.6 Å². The van der Waals surface area contributed by atoms with E-state index >= 15 is 0 Å². The minimum Gasteiger partial charge on any atom is -0.377 e. The van der Waals surface area contributed by atoms with Crippen molar-refractivity contribution in [3.63, 3.8) is 0 Å². The number of carbonyl (C=O) groups is 1. The lowest BCUT2D eigenvalue weighted by Crippen LogP contribution is -2.48. The molecule has 0 radical (unpaired) electrons. The number of benzene rings is 1. The fourth-order valence-electron chi connectivity index (χ4n) is 1.26. The van der Waals surface area contributed by atoms with Gasteiger partial charge in [0.25, 0.3) is 5.91 Å². The average Bonchev–Trinajstić information content (AvgIpc) is 2.11. The van der Waals surface area contributed by atoms with E-state index in [9.17, 15) is 4.79 Å². The van der Waals surface area contributed by atoms with E-state index in [4.69, 9.17) is 16.3 Å². The minimum atomic E-state index is -0.0654. The molecular formula is C10H9ClINO2. The molecule has 0 spiro atoms. The number of rotatable bonds is 2. The van der Waals surface area contributed by atoms with Gasteiger partial charge in [-0.15, -0.1) is 0 Å². The monoisotopic (exact) mass is 337 g/mol. The van der Waals surface area contributed by atoms with Crippen molar-refractivity contribution in [3.05, 3.63) is 32.4 Å². The second kappa shape index (κ2) is 4.67. The summed E-state index contributed by atoms with van der Waals surface area (Å²) in [5, 5.41) is 3.52. The first kappa shape index (κ1) is 11.2. The number of amides is 1. The number of hydrogen-bond donors (Lipinski definition) is 1. The lowest BCUT2D eigenvalue weighted by atomic mass is 10.2. The van der Waals surface area contributed by atoms with Crippen molar-refractivity contribution in [1.29, 1.82) is 0 Å². The van der Waals surface area contributed by atoms with Crippen molar-refractivity contribution in [1.82, 2.24) is 5.32 Å². The zero-order valence-corrected chi connectivity index (χ0v) is 10.7. The first-order chi connectivity index (χ1) is 7.16. The van der Waals surface area contributed by atoms with Gasteiger partial charge in [0.2, 0.25) is 0 Å². The standard InChI is InChI=1S/C10H9ClINO2/c11-6-1-2-8(9(12)3-6)10(14)13-7-4-15-5-7/h1-3,7H,4-5H2,(H,13,14). The molecular weight excluding hydrogens is 328 g/mol. The number of carbonyl (C=O) groups excluding carboxylic acids is 1. The second-order valence-corrected chi connectivity index (χ2v) is 4.93. The predicted molar refractivity (Wildman–Crippen MR) is 66.2 cm³/mol. The maximum Gasteiger partial charge on any atom is 0.252 e. The molecule has 15 heavy (non-hydrogen) atoms. The highest BCUT2D eigenvalue weighted by Crippen LogP contribution is 2.18. The van der Waals surface area contributed by atoms with Crippen LogP contribution < -0.4 is 5.32 Å². The maximum atomic E-state index is 11.8. The number of ether oxygens (including phenoxy) is 1. The van der Waals surface area contributed by atoms with Crippen LogP contribution in [0.1, 0.15) is 10.4 Å². The molecule has 80 valence electrons. The third-order valence-corrected chi connectivity index (χ3v) is 3.28. The molecule has 1 N–H and O–H groups in total. The van der Waals surface area contributed by atoms with Crippen molar-refractivity contribution in [2.45, 2.75) is 6.04 Å². The van der Waals surface area contributed by atoms with Crippen LogP contribution in [0.25, 0.3) is 0 Å². The molecule has 3 nitrogen and oxygen atoms in total. The first-order valence-electron chi connectivity index (χ1n) is 4.50. The molecule has 0 atom stereocenters. The third kappa shape index (κ3) is 2.62. The maximum absolute atomic E-state index is 11.8. The fraction of sp³-hybridized carbons (Fsp3) is 0.300. The Kier molecular flexibility index (Phi) is 3.48. The Morgan fingerprint density at radius 3 is 2.80 bits per heavy atom. The van der Waals surface area contributed by atoms with Gasteiger partial charge in [-0.3, -0.25) is 4.79 Å². The predicted octanol–water partition coefficient (Wildman–Crippen LogP) is 2.07. The molecule has 1 aromatic carbocycles. The van der Waals surface area contributed by atoms with Crippen LogP contribution >= 0.6 is 34.2 Å². The van der Waals surface area contributed by atoms with Crippen LogP contribution in [0.5, 0.6) is 0 Å². The summed E-state index contributed by atoms with van der Waals surface area (Å²) in [5.74, 6) is -0.0654. The molecule has 0 unspecified atom stereocenters. The summed E-state index contributed by atoms with van der Waals surface area (Å²) < 4.78 is 5.84. The van der Waals surface area contributed by atoms with E-state index in [1.165, 1.54) is 0 Å². The first-order valence-corrected chi connectivity index (χ1v) is 5.96. The molecule has 1 fully saturated rings. The Balaban J connectivity index is 2.10. The van der Waals surface area contributed by atoms with Crippen LogP contribution in [-0.4, -0.2) is 25.2 Å². The van der Waals surface area contributed by atoms with Gasteiger partial charge in [-0.2, -0.15) is 0 Å². The van der Waals surface area contributed by atoms with Gasteiger partial charge in [-0.25, -0.2) is 0 Å². The van der Waals surface area contributed by atoms with Gasteiger partial charge >= 0.3 is 0 Å². The molecule has 1 aliphatic heterocycles. The van der Waals surface area contributed by atoms with E-state index in [2.05, 4.69) is 27.9 Å². The van der Waals surface area contributed by atoms with Crippen LogP contribution in [0, 0.1) is 3.57 Å².